The molecule has 2 atom stereocenters. The van der Waals surface area contributed by atoms with E-state index in [9.17, 15) is 9.90 Å². The zero-order chi connectivity index (χ0) is 16.8. The monoisotopic (exact) mass is 339 g/mol. The van der Waals surface area contributed by atoms with Crippen molar-refractivity contribution >= 4 is 17.5 Å². The third-order valence-electron chi connectivity index (χ3n) is 4.43. The third kappa shape index (κ3) is 5.40. The number of carbonyl (C=O) groups is 1. The van der Waals surface area contributed by atoms with Crippen LogP contribution in [0.3, 0.4) is 0 Å². The van der Waals surface area contributed by atoms with Crippen molar-refractivity contribution < 1.29 is 14.6 Å². The summed E-state index contributed by atoms with van der Waals surface area (Å²) in [4.78, 5) is 14.1. The number of ether oxygens (including phenoxy) is 1. The number of piperidine rings is 1. The molecule has 1 aliphatic rings. The Labute approximate surface area is 143 Å². The number of hydrogen-bond donors (Lipinski definition) is 1. The van der Waals surface area contributed by atoms with Crippen molar-refractivity contribution in [1.82, 2.24) is 4.90 Å². The second kappa shape index (κ2) is 8.55. The summed E-state index contributed by atoms with van der Waals surface area (Å²) in [6.07, 6.45) is 2.81. The summed E-state index contributed by atoms with van der Waals surface area (Å²) in [6.45, 7) is 5.74. The summed E-state index contributed by atoms with van der Waals surface area (Å²) in [5, 5.41) is 10.4. The summed E-state index contributed by atoms with van der Waals surface area (Å²) in [5.74, 6) is 1.15. The number of hydrogen-bond acceptors (Lipinski definition) is 3. The molecule has 4 nitrogen and oxygen atoms in total. The fraction of sp³-hybridized carbons (Fsp3) is 0.611. The molecule has 5 heteroatoms. The van der Waals surface area contributed by atoms with Crippen molar-refractivity contribution in [1.29, 1.82) is 0 Å². The number of rotatable bonds is 6. The first-order valence-electron chi connectivity index (χ1n) is 8.32. The van der Waals surface area contributed by atoms with E-state index in [-0.39, 0.29) is 17.9 Å². The molecule has 2 rings (SSSR count). The highest BCUT2D eigenvalue weighted by Crippen LogP contribution is 2.22. The summed E-state index contributed by atoms with van der Waals surface area (Å²) in [5.41, 5.74) is 0.984. The topological polar surface area (TPSA) is 49.8 Å². The highest BCUT2D eigenvalue weighted by molar-refractivity contribution is 6.31. The third-order valence-corrected chi connectivity index (χ3v) is 4.85. The Morgan fingerprint density at radius 2 is 2.30 bits per heavy atom. The molecule has 0 radical (unpaired) electrons. The van der Waals surface area contributed by atoms with Crippen LogP contribution >= 0.6 is 11.6 Å². The molecule has 1 amide bonds. The van der Waals surface area contributed by atoms with E-state index in [0.29, 0.717) is 26.0 Å². The smallest absolute Gasteiger partial charge is 0.222 e. The van der Waals surface area contributed by atoms with Crippen LogP contribution in [0.1, 0.15) is 38.2 Å². The van der Waals surface area contributed by atoms with Crippen LogP contribution in [0, 0.1) is 12.8 Å². The van der Waals surface area contributed by atoms with E-state index in [2.05, 4.69) is 0 Å². The number of carbonyl (C=O) groups excluding carboxylic acids is 1. The van der Waals surface area contributed by atoms with Gasteiger partial charge in [-0.3, -0.25) is 4.79 Å². The van der Waals surface area contributed by atoms with Crippen LogP contribution in [-0.4, -0.2) is 41.7 Å². The molecule has 2 unspecified atom stereocenters. The van der Waals surface area contributed by atoms with Crippen LogP contribution in [0.4, 0.5) is 0 Å². The first kappa shape index (κ1) is 18.1. The van der Waals surface area contributed by atoms with Gasteiger partial charge in [0.25, 0.3) is 0 Å². The molecule has 1 aromatic rings. The second-order valence-corrected chi connectivity index (χ2v) is 6.75. The van der Waals surface area contributed by atoms with Gasteiger partial charge in [0.05, 0.1) is 12.7 Å². The van der Waals surface area contributed by atoms with E-state index in [4.69, 9.17) is 16.3 Å². The van der Waals surface area contributed by atoms with Crippen molar-refractivity contribution in [3.8, 4) is 5.75 Å². The predicted molar refractivity (Wildman–Crippen MR) is 91.9 cm³/mol. The van der Waals surface area contributed by atoms with E-state index in [1.165, 1.54) is 0 Å². The lowest BCUT2D eigenvalue weighted by Gasteiger charge is -2.34. The van der Waals surface area contributed by atoms with Crippen LogP contribution in [0.15, 0.2) is 18.2 Å². The van der Waals surface area contributed by atoms with Gasteiger partial charge in [-0.2, -0.15) is 0 Å². The molecule has 1 N–H and O–H groups in total. The Bertz CT molecular complexity index is 533. The number of aliphatic hydroxyl groups is 1. The molecule has 0 bridgehead atoms. The highest BCUT2D eigenvalue weighted by atomic mass is 35.5. The molecule has 1 heterocycles. The first-order valence-corrected chi connectivity index (χ1v) is 8.70. The van der Waals surface area contributed by atoms with Crippen molar-refractivity contribution in [2.75, 3.05) is 19.7 Å². The Kier molecular flexibility index (Phi) is 6.72. The standard InChI is InChI=1S/C18H26ClNO3/c1-13-11-16(7-8-17(13)19)23-10-4-6-18(22)20-9-3-5-15(12-20)14(2)21/h7-8,11,14-15,21H,3-6,9-10,12H2,1-2H3. The van der Waals surface area contributed by atoms with Crippen molar-refractivity contribution in [3.63, 3.8) is 0 Å². The van der Waals surface area contributed by atoms with Crippen LogP contribution < -0.4 is 4.74 Å². The van der Waals surface area contributed by atoms with E-state index in [0.717, 1.165) is 35.7 Å². The number of benzene rings is 1. The number of likely N-dealkylation sites (tertiary alicyclic amines) is 1. The summed E-state index contributed by atoms with van der Waals surface area (Å²) >= 11 is 5.98. The minimum atomic E-state index is -0.345. The maximum absolute atomic E-state index is 12.2. The molecular weight excluding hydrogens is 314 g/mol. The number of halogens is 1. The highest BCUT2D eigenvalue weighted by Gasteiger charge is 2.25. The van der Waals surface area contributed by atoms with Gasteiger partial charge in [0.2, 0.25) is 5.91 Å². The Hall–Kier alpha value is -1.26. The Morgan fingerprint density at radius 1 is 1.52 bits per heavy atom. The van der Waals surface area contributed by atoms with Gasteiger partial charge in [-0.15, -0.1) is 0 Å². The van der Waals surface area contributed by atoms with Crippen LogP contribution in [0.25, 0.3) is 0 Å². The normalized spacial score (nSPS) is 19.5. The first-order chi connectivity index (χ1) is 11.0. The molecular formula is C18H26ClNO3. The molecule has 128 valence electrons. The van der Waals surface area contributed by atoms with Crippen molar-refractivity contribution in [2.24, 2.45) is 5.92 Å². The average molecular weight is 340 g/mol. The minimum absolute atomic E-state index is 0.159. The van der Waals surface area contributed by atoms with Crippen molar-refractivity contribution in [2.45, 2.75) is 45.6 Å². The maximum Gasteiger partial charge on any atom is 0.222 e. The molecule has 0 spiro atoms. The number of nitrogens with zero attached hydrogens (tertiary/aromatic N) is 1. The molecule has 1 fully saturated rings. The van der Waals surface area contributed by atoms with E-state index >= 15 is 0 Å². The zero-order valence-electron chi connectivity index (χ0n) is 13.9. The van der Waals surface area contributed by atoms with Gasteiger partial charge in [-0.1, -0.05) is 11.6 Å². The molecule has 0 aromatic heterocycles. The second-order valence-electron chi connectivity index (χ2n) is 6.35. The summed E-state index contributed by atoms with van der Waals surface area (Å²) in [6, 6.07) is 5.57. The maximum atomic E-state index is 12.2. The number of amides is 1. The Balaban J connectivity index is 1.71. The van der Waals surface area contributed by atoms with E-state index in [1.54, 1.807) is 6.92 Å². The van der Waals surface area contributed by atoms with Crippen LogP contribution in [0.5, 0.6) is 5.75 Å². The SMILES string of the molecule is Cc1cc(OCCCC(=O)N2CCCC(C(C)O)C2)ccc1Cl. The molecule has 1 aromatic carbocycles. The summed E-state index contributed by atoms with van der Waals surface area (Å²) in [7, 11) is 0. The van der Waals surface area contributed by atoms with Gasteiger partial charge in [0.1, 0.15) is 5.75 Å². The van der Waals surface area contributed by atoms with Crippen LogP contribution in [0.2, 0.25) is 5.02 Å². The van der Waals surface area contributed by atoms with Gasteiger partial charge in [-0.25, -0.2) is 0 Å². The zero-order valence-corrected chi connectivity index (χ0v) is 14.7. The molecule has 1 aliphatic heterocycles. The van der Waals surface area contributed by atoms with Crippen molar-refractivity contribution in [3.05, 3.63) is 28.8 Å². The van der Waals surface area contributed by atoms with Gasteiger partial charge >= 0.3 is 0 Å². The quantitative estimate of drug-likeness (QED) is 0.808. The number of aliphatic hydroxyl groups excluding tert-OH is 1. The van der Waals surface area contributed by atoms with Crippen LogP contribution in [-0.2, 0) is 4.79 Å². The largest absolute Gasteiger partial charge is 0.494 e. The minimum Gasteiger partial charge on any atom is -0.494 e. The van der Waals surface area contributed by atoms with Gasteiger partial charge in [-0.05, 0) is 56.9 Å². The summed E-state index contributed by atoms with van der Waals surface area (Å²) < 4.78 is 5.67. The van der Waals surface area contributed by atoms with Gasteiger partial charge in [0.15, 0.2) is 0 Å². The average Bonchev–Trinajstić information content (AvgIpc) is 2.54. The number of aryl methyl sites for hydroxylation is 1. The van der Waals surface area contributed by atoms with E-state index < -0.39 is 0 Å². The molecule has 23 heavy (non-hydrogen) atoms. The molecule has 1 saturated heterocycles. The molecule has 0 saturated carbocycles. The lowest BCUT2D eigenvalue weighted by atomic mass is 9.93. The fourth-order valence-corrected chi connectivity index (χ4v) is 3.03. The van der Waals surface area contributed by atoms with Gasteiger partial charge in [0, 0.05) is 30.5 Å². The fourth-order valence-electron chi connectivity index (χ4n) is 2.91. The predicted octanol–water partition coefficient (Wildman–Crippen LogP) is 3.43. The lowest BCUT2D eigenvalue weighted by Crippen LogP contribution is -2.42. The molecule has 0 aliphatic carbocycles. The van der Waals surface area contributed by atoms with Gasteiger partial charge < -0.3 is 14.7 Å². The van der Waals surface area contributed by atoms with E-state index in [1.807, 2.05) is 30.0 Å². The Morgan fingerprint density at radius 3 is 3.00 bits per heavy atom. The lowest BCUT2D eigenvalue weighted by molar-refractivity contribution is -0.134.